The van der Waals surface area contributed by atoms with Crippen molar-refractivity contribution in [1.82, 2.24) is 0 Å². The van der Waals surface area contributed by atoms with Crippen LogP contribution in [0.4, 0.5) is 10.1 Å². The lowest BCUT2D eigenvalue weighted by molar-refractivity contribution is 0.601. The average molecular weight is 322 g/mol. The van der Waals surface area contributed by atoms with Crippen LogP contribution in [0.15, 0.2) is 46.9 Å². The highest BCUT2D eigenvalue weighted by molar-refractivity contribution is 9.10. The van der Waals surface area contributed by atoms with E-state index in [0.717, 1.165) is 15.7 Å². The Bertz CT molecular complexity index is 568. The van der Waals surface area contributed by atoms with Gasteiger partial charge < -0.3 is 5.32 Å². The highest BCUT2D eigenvalue weighted by Gasteiger charge is 2.07. The third-order valence-electron chi connectivity index (χ3n) is 3.07. The van der Waals surface area contributed by atoms with E-state index in [9.17, 15) is 4.39 Å². The molecule has 2 aromatic carbocycles. The molecule has 0 radical (unpaired) electrons. The minimum absolute atomic E-state index is 0.138. The van der Waals surface area contributed by atoms with E-state index in [1.807, 2.05) is 24.3 Å². The first-order valence-corrected chi connectivity index (χ1v) is 7.11. The van der Waals surface area contributed by atoms with Crippen LogP contribution < -0.4 is 5.32 Å². The number of aryl methyl sites for hydroxylation is 1. The van der Waals surface area contributed by atoms with Crippen LogP contribution in [0.3, 0.4) is 0 Å². The number of benzene rings is 2. The van der Waals surface area contributed by atoms with Gasteiger partial charge in [-0.3, -0.25) is 0 Å². The number of halogens is 2. The van der Waals surface area contributed by atoms with Gasteiger partial charge in [-0.2, -0.15) is 0 Å². The molecular formula is C16H17BrFN. The van der Waals surface area contributed by atoms with Gasteiger partial charge in [0.25, 0.3) is 0 Å². The summed E-state index contributed by atoms with van der Waals surface area (Å²) < 4.78 is 14.6. The van der Waals surface area contributed by atoms with Gasteiger partial charge in [-0.25, -0.2) is 4.39 Å². The highest BCUT2D eigenvalue weighted by Crippen LogP contribution is 2.21. The lowest BCUT2D eigenvalue weighted by atomic mass is 10.1. The molecule has 0 heterocycles. The van der Waals surface area contributed by atoms with Gasteiger partial charge in [-0.15, -0.1) is 0 Å². The van der Waals surface area contributed by atoms with Crippen molar-refractivity contribution in [3.05, 3.63) is 63.9 Å². The Morgan fingerprint density at radius 3 is 2.63 bits per heavy atom. The number of nitrogens with one attached hydrogen (secondary N) is 1. The van der Waals surface area contributed by atoms with E-state index in [1.165, 1.54) is 11.6 Å². The zero-order valence-corrected chi connectivity index (χ0v) is 12.7. The van der Waals surface area contributed by atoms with Gasteiger partial charge >= 0.3 is 0 Å². The van der Waals surface area contributed by atoms with Crippen LogP contribution in [0.2, 0.25) is 0 Å². The Labute approximate surface area is 122 Å². The van der Waals surface area contributed by atoms with Gasteiger partial charge in [0, 0.05) is 16.2 Å². The van der Waals surface area contributed by atoms with E-state index >= 15 is 0 Å². The standard InChI is InChI=1S/C16H17BrFN/c1-11-7-8-14(10-15(11)17)19-12(2)9-13-5-3-4-6-16(13)18/h3-8,10,12,19H,9H2,1-2H3. The van der Waals surface area contributed by atoms with Crippen molar-refractivity contribution in [2.24, 2.45) is 0 Å². The van der Waals surface area contributed by atoms with Crippen molar-refractivity contribution in [2.75, 3.05) is 5.32 Å². The summed E-state index contributed by atoms with van der Waals surface area (Å²) in [6.07, 6.45) is 0.665. The molecular weight excluding hydrogens is 305 g/mol. The molecule has 2 aromatic rings. The fourth-order valence-corrected chi connectivity index (χ4v) is 2.39. The van der Waals surface area contributed by atoms with Gasteiger partial charge in [0.1, 0.15) is 5.82 Å². The van der Waals surface area contributed by atoms with E-state index in [2.05, 4.69) is 41.2 Å². The predicted molar refractivity (Wildman–Crippen MR) is 82.1 cm³/mol. The molecule has 0 aliphatic rings. The third-order valence-corrected chi connectivity index (χ3v) is 3.92. The van der Waals surface area contributed by atoms with Crippen LogP contribution in [0.5, 0.6) is 0 Å². The summed E-state index contributed by atoms with van der Waals surface area (Å²) in [5, 5.41) is 3.39. The van der Waals surface area contributed by atoms with Crippen LogP contribution in [-0.4, -0.2) is 6.04 Å². The van der Waals surface area contributed by atoms with Gasteiger partial charge in [0.05, 0.1) is 0 Å². The molecule has 0 fully saturated rings. The lowest BCUT2D eigenvalue weighted by Crippen LogP contribution is -2.18. The van der Waals surface area contributed by atoms with E-state index < -0.39 is 0 Å². The maximum Gasteiger partial charge on any atom is 0.126 e. The van der Waals surface area contributed by atoms with Crippen molar-refractivity contribution in [1.29, 1.82) is 0 Å². The summed E-state index contributed by atoms with van der Waals surface area (Å²) in [5.41, 5.74) is 2.99. The fourth-order valence-electron chi connectivity index (χ4n) is 2.01. The Kier molecular flexibility index (Phi) is 4.59. The van der Waals surface area contributed by atoms with E-state index in [4.69, 9.17) is 0 Å². The predicted octanol–water partition coefficient (Wildman–Crippen LogP) is 4.94. The number of hydrogen-bond acceptors (Lipinski definition) is 1. The number of anilines is 1. The van der Waals surface area contributed by atoms with Gasteiger partial charge in [0.15, 0.2) is 0 Å². The first-order chi connectivity index (χ1) is 9.06. The molecule has 0 aliphatic heterocycles. The second-order valence-corrected chi connectivity index (χ2v) is 5.66. The van der Waals surface area contributed by atoms with Crippen LogP contribution in [0, 0.1) is 12.7 Å². The van der Waals surface area contributed by atoms with E-state index in [0.29, 0.717) is 6.42 Å². The third kappa shape index (κ3) is 3.80. The Hall–Kier alpha value is -1.35. The topological polar surface area (TPSA) is 12.0 Å². The van der Waals surface area contributed by atoms with Crippen molar-refractivity contribution in [2.45, 2.75) is 26.3 Å². The summed E-state index contributed by atoms with van der Waals surface area (Å²) in [7, 11) is 0. The molecule has 0 saturated heterocycles. The summed E-state index contributed by atoms with van der Waals surface area (Å²) >= 11 is 3.51. The number of hydrogen-bond donors (Lipinski definition) is 1. The summed E-state index contributed by atoms with van der Waals surface area (Å²) in [5.74, 6) is -0.138. The van der Waals surface area contributed by atoms with Crippen LogP contribution in [-0.2, 0) is 6.42 Å². The SMILES string of the molecule is Cc1ccc(NC(C)Cc2ccccc2F)cc1Br. The molecule has 0 saturated carbocycles. The van der Waals surface area contributed by atoms with Gasteiger partial charge in [0.2, 0.25) is 0 Å². The maximum absolute atomic E-state index is 13.6. The lowest BCUT2D eigenvalue weighted by Gasteiger charge is -2.16. The first-order valence-electron chi connectivity index (χ1n) is 6.32. The smallest absolute Gasteiger partial charge is 0.126 e. The molecule has 1 unspecified atom stereocenters. The van der Waals surface area contributed by atoms with Crippen LogP contribution in [0.1, 0.15) is 18.1 Å². The number of rotatable bonds is 4. The normalized spacial score (nSPS) is 12.2. The quantitative estimate of drug-likeness (QED) is 0.841. The minimum Gasteiger partial charge on any atom is -0.382 e. The first kappa shape index (κ1) is 14.1. The minimum atomic E-state index is -0.138. The highest BCUT2D eigenvalue weighted by atomic mass is 79.9. The van der Waals surface area contributed by atoms with Crippen molar-refractivity contribution in [3.8, 4) is 0 Å². The molecule has 0 amide bonds. The molecule has 100 valence electrons. The monoisotopic (exact) mass is 321 g/mol. The average Bonchev–Trinajstić information content (AvgIpc) is 2.37. The molecule has 0 bridgehead atoms. The molecule has 19 heavy (non-hydrogen) atoms. The molecule has 0 spiro atoms. The molecule has 3 heteroatoms. The Balaban J connectivity index is 2.03. The molecule has 2 rings (SSSR count). The van der Waals surface area contributed by atoms with Crippen molar-refractivity contribution in [3.63, 3.8) is 0 Å². The van der Waals surface area contributed by atoms with E-state index in [-0.39, 0.29) is 11.9 Å². The van der Waals surface area contributed by atoms with Crippen LogP contribution >= 0.6 is 15.9 Å². The summed E-state index contributed by atoms with van der Waals surface area (Å²) in [6, 6.07) is 13.2. The molecule has 1 atom stereocenters. The van der Waals surface area contributed by atoms with Gasteiger partial charge in [-0.1, -0.05) is 40.2 Å². The Morgan fingerprint density at radius 2 is 1.95 bits per heavy atom. The van der Waals surface area contributed by atoms with Crippen molar-refractivity contribution < 1.29 is 4.39 Å². The van der Waals surface area contributed by atoms with E-state index in [1.54, 1.807) is 6.07 Å². The molecule has 1 N–H and O–H groups in total. The Morgan fingerprint density at radius 1 is 1.21 bits per heavy atom. The molecule has 1 nitrogen and oxygen atoms in total. The molecule has 0 aromatic heterocycles. The second kappa shape index (κ2) is 6.20. The summed E-state index contributed by atoms with van der Waals surface area (Å²) in [4.78, 5) is 0. The van der Waals surface area contributed by atoms with Gasteiger partial charge in [-0.05, 0) is 49.6 Å². The summed E-state index contributed by atoms with van der Waals surface area (Å²) in [6.45, 7) is 4.11. The maximum atomic E-state index is 13.6. The van der Waals surface area contributed by atoms with Crippen LogP contribution in [0.25, 0.3) is 0 Å². The largest absolute Gasteiger partial charge is 0.382 e. The second-order valence-electron chi connectivity index (χ2n) is 4.80. The fraction of sp³-hybridized carbons (Fsp3) is 0.250. The van der Waals surface area contributed by atoms with Crippen molar-refractivity contribution >= 4 is 21.6 Å². The zero-order valence-electron chi connectivity index (χ0n) is 11.1. The zero-order chi connectivity index (χ0) is 13.8. The molecule has 0 aliphatic carbocycles.